The first kappa shape index (κ1) is 10.6. The van der Waals surface area contributed by atoms with Gasteiger partial charge in [0.1, 0.15) is 0 Å². The fourth-order valence-electron chi connectivity index (χ4n) is 1.12. The third-order valence-corrected chi connectivity index (χ3v) is 1.89. The van der Waals surface area contributed by atoms with Crippen LogP contribution in [0.1, 0.15) is 11.1 Å². The number of hydrogen-bond donors (Lipinski definition) is 1. The van der Waals surface area contributed by atoms with Crippen LogP contribution in [0, 0.1) is 17.0 Å². The molecule has 5 nitrogen and oxygen atoms in total. The second-order valence-electron chi connectivity index (χ2n) is 2.90. The van der Waals surface area contributed by atoms with Crippen molar-refractivity contribution in [1.29, 1.82) is 0 Å². The van der Waals surface area contributed by atoms with Gasteiger partial charge in [0.15, 0.2) is 0 Å². The van der Waals surface area contributed by atoms with Gasteiger partial charge < -0.3 is 4.84 Å². The van der Waals surface area contributed by atoms with Crippen LogP contribution in [-0.2, 0) is 11.4 Å². The van der Waals surface area contributed by atoms with Crippen LogP contribution in [0.25, 0.3) is 0 Å². The normalized spacial score (nSPS) is 10.1. The van der Waals surface area contributed by atoms with Crippen molar-refractivity contribution < 1.29 is 9.76 Å². The highest BCUT2D eigenvalue weighted by Gasteiger charge is 2.10. The molecule has 76 valence electrons. The minimum absolute atomic E-state index is 0.139. The van der Waals surface area contributed by atoms with Gasteiger partial charge in [-0.3, -0.25) is 10.1 Å². The highest BCUT2D eigenvalue weighted by Crippen LogP contribution is 2.18. The summed E-state index contributed by atoms with van der Waals surface area (Å²) in [7, 11) is 1.50. The van der Waals surface area contributed by atoms with Crippen molar-refractivity contribution >= 4 is 5.69 Å². The van der Waals surface area contributed by atoms with E-state index in [1.54, 1.807) is 19.1 Å². The lowest BCUT2D eigenvalue weighted by atomic mass is 10.1. The maximum absolute atomic E-state index is 10.6. The lowest BCUT2D eigenvalue weighted by Gasteiger charge is -2.03. The molecule has 0 unspecified atom stereocenters. The van der Waals surface area contributed by atoms with Gasteiger partial charge in [0, 0.05) is 18.2 Å². The van der Waals surface area contributed by atoms with E-state index in [1.165, 1.54) is 7.11 Å². The van der Waals surface area contributed by atoms with Gasteiger partial charge in [-0.15, -0.1) is 0 Å². The summed E-state index contributed by atoms with van der Waals surface area (Å²) < 4.78 is 0. The molecule has 0 heterocycles. The van der Waals surface area contributed by atoms with E-state index in [-0.39, 0.29) is 10.6 Å². The number of benzene rings is 1. The van der Waals surface area contributed by atoms with Crippen LogP contribution in [0.3, 0.4) is 0 Å². The van der Waals surface area contributed by atoms with Gasteiger partial charge in [0.25, 0.3) is 5.69 Å². The first-order valence-corrected chi connectivity index (χ1v) is 4.15. The molecule has 1 aromatic carbocycles. The molecule has 0 spiro atoms. The average Bonchev–Trinajstić information content (AvgIpc) is 2.16. The highest BCUT2D eigenvalue weighted by atomic mass is 16.6. The number of rotatable bonds is 4. The Morgan fingerprint density at radius 3 is 2.86 bits per heavy atom. The molecule has 0 saturated heterocycles. The average molecular weight is 196 g/mol. The van der Waals surface area contributed by atoms with Crippen LogP contribution in [0.5, 0.6) is 0 Å². The Hall–Kier alpha value is -1.46. The Kier molecular flexibility index (Phi) is 3.55. The van der Waals surface area contributed by atoms with Crippen molar-refractivity contribution in [3.05, 3.63) is 39.4 Å². The van der Waals surface area contributed by atoms with Gasteiger partial charge in [-0.2, -0.15) is 5.48 Å². The second kappa shape index (κ2) is 4.69. The molecule has 1 rings (SSSR count). The Balaban J connectivity index is 2.89. The largest absolute Gasteiger partial charge is 0.305 e. The SMILES string of the molecule is CONCc1ccc(C)c([N+](=O)[O-])c1. The molecule has 0 saturated carbocycles. The predicted octanol–water partition coefficient (Wildman–Crippen LogP) is 1.55. The molecule has 0 amide bonds. The van der Waals surface area contributed by atoms with Crippen molar-refractivity contribution in [3.8, 4) is 0 Å². The second-order valence-corrected chi connectivity index (χ2v) is 2.90. The van der Waals surface area contributed by atoms with Crippen molar-refractivity contribution in [1.82, 2.24) is 5.48 Å². The molecule has 1 aromatic rings. The molecule has 1 N–H and O–H groups in total. The predicted molar refractivity (Wildman–Crippen MR) is 51.7 cm³/mol. The molecule has 0 aromatic heterocycles. The summed E-state index contributed by atoms with van der Waals surface area (Å²) in [5.74, 6) is 0. The molecular formula is C9H12N2O3. The fourth-order valence-corrected chi connectivity index (χ4v) is 1.12. The topological polar surface area (TPSA) is 64.4 Å². The molecule has 0 radical (unpaired) electrons. The molecule has 0 aliphatic heterocycles. The number of hydrogen-bond acceptors (Lipinski definition) is 4. The number of nitrogens with zero attached hydrogens (tertiary/aromatic N) is 1. The van der Waals surface area contributed by atoms with Crippen molar-refractivity contribution in [2.75, 3.05) is 7.11 Å². The summed E-state index contributed by atoms with van der Waals surface area (Å²) in [5, 5.41) is 10.6. The van der Waals surface area contributed by atoms with E-state index < -0.39 is 0 Å². The van der Waals surface area contributed by atoms with Gasteiger partial charge >= 0.3 is 0 Å². The van der Waals surface area contributed by atoms with E-state index >= 15 is 0 Å². The first-order valence-electron chi connectivity index (χ1n) is 4.15. The zero-order valence-electron chi connectivity index (χ0n) is 8.11. The molecule has 0 atom stereocenters. The smallest absolute Gasteiger partial charge is 0.272 e. The summed E-state index contributed by atoms with van der Waals surface area (Å²) in [6.07, 6.45) is 0. The Morgan fingerprint density at radius 2 is 2.29 bits per heavy atom. The van der Waals surface area contributed by atoms with Crippen LogP contribution >= 0.6 is 0 Å². The van der Waals surface area contributed by atoms with Gasteiger partial charge in [0.2, 0.25) is 0 Å². The molecule has 0 aliphatic rings. The van der Waals surface area contributed by atoms with Gasteiger partial charge in [-0.1, -0.05) is 12.1 Å². The molecule has 14 heavy (non-hydrogen) atoms. The van der Waals surface area contributed by atoms with E-state index in [0.29, 0.717) is 12.1 Å². The van der Waals surface area contributed by atoms with E-state index in [2.05, 4.69) is 10.3 Å². The summed E-state index contributed by atoms with van der Waals surface area (Å²) >= 11 is 0. The van der Waals surface area contributed by atoms with Crippen molar-refractivity contribution in [2.24, 2.45) is 0 Å². The zero-order chi connectivity index (χ0) is 10.6. The third-order valence-electron chi connectivity index (χ3n) is 1.89. The van der Waals surface area contributed by atoms with Crippen molar-refractivity contribution in [3.63, 3.8) is 0 Å². The van der Waals surface area contributed by atoms with Crippen LogP contribution < -0.4 is 5.48 Å². The Labute approximate surface area is 81.8 Å². The Bertz CT molecular complexity index is 339. The molecule has 0 aliphatic carbocycles. The zero-order valence-corrected chi connectivity index (χ0v) is 8.11. The lowest BCUT2D eigenvalue weighted by Crippen LogP contribution is -2.10. The standard InChI is InChI=1S/C9H12N2O3/c1-7-3-4-8(6-10-14-2)5-9(7)11(12)13/h3-5,10H,6H2,1-2H3. The highest BCUT2D eigenvalue weighted by molar-refractivity contribution is 5.42. The number of hydroxylamine groups is 1. The first-order chi connectivity index (χ1) is 6.65. The summed E-state index contributed by atoms with van der Waals surface area (Å²) in [4.78, 5) is 14.9. The molecule has 5 heteroatoms. The number of aryl methyl sites for hydroxylation is 1. The van der Waals surface area contributed by atoms with Gasteiger partial charge in [-0.05, 0) is 12.5 Å². The van der Waals surface area contributed by atoms with E-state index in [4.69, 9.17) is 0 Å². The summed E-state index contributed by atoms with van der Waals surface area (Å²) in [6, 6.07) is 5.10. The van der Waals surface area contributed by atoms with E-state index in [0.717, 1.165) is 5.56 Å². The van der Waals surface area contributed by atoms with Crippen LogP contribution in [-0.4, -0.2) is 12.0 Å². The van der Waals surface area contributed by atoms with E-state index in [1.807, 2.05) is 6.07 Å². The molecular weight excluding hydrogens is 184 g/mol. The van der Waals surface area contributed by atoms with Crippen LogP contribution in [0.15, 0.2) is 18.2 Å². The Morgan fingerprint density at radius 1 is 1.57 bits per heavy atom. The fraction of sp³-hybridized carbons (Fsp3) is 0.333. The third kappa shape index (κ3) is 2.51. The monoisotopic (exact) mass is 196 g/mol. The molecule has 0 fully saturated rings. The minimum Gasteiger partial charge on any atom is -0.305 e. The minimum atomic E-state index is -0.383. The van der Waals surface area contributed by atoms with Gasteiger partial charge in [-0.25, -0.2) is 0 Å². The lowest BCUT2D eigenvalue weighted by molar-refractivity contribution is -0.385. The maximum atomic E-state index is 10.6. The number of nitrogens with one attached hydrogen (secondary N) is 1. The quantitative estimate of drug-likeness (QED) is 0.586. The van der Waals surface area contributed by atoms with E-state index in [9.17, 15) is 10.1 Å². The maximum Gasteiger partial charge on any atom is 0.272 e. The molecule has 0 bridgehead atoms. The summed E-state index contributed by atoms with van der Waals surface area (Å²) in [5.41, 5.74) is 4.25. The van der Waals surface area contributed by atoms with Crippen LogP contribution in [0.2, 0.25) is 0 Å². The summed E-state index contributed by atoms with van der Waals surface area (Å²) in [6.45, 7) is 2.17. The van der Waals surface area contributed by atoms with Crippen LogP contribution in [0.4, 0.5) is 5.69 Å². The number of nitro groups is 1. The number of nitro benzene ring substituents is 1. The van der Waals surface area contributed by atoms with Crippen molar-refractivity contribution in [2.45, 2.75) is 13.5 Å². The van der Waals surface area contributed by atoms with Gasteiger partial charge in [0.05, 0.1) is 12.0 Å².